The van der Waals surface area contributed by atoms with E-state index in [1.54, 1.807) is 7.11 Å². The van der Waals surface area contributed by atoms with Gasteiger partial charge in [-0.1, -0.05) is 13.8 Å². The van der Waals surface area contributed by atoms with E-state index < -0.39 is 0 Å². The van der Waals surface area contributed by atoms with Crippen LogP contribution in [0.15, 0.2) is 0 Å². The molecule has 2 fully saturated rings. The van der Waals surface area contributed by atoms with Crippen molar-refractivity contribution >= 4 is 0 Å². The molecule has 1 saturated carbocycles. The molecule has 0 aromatic rings. The lowest BCUT2D eigenvalue weighted by atomic mass is 9.64. The number of methoxy groups -OCH3 is 1. The van der Waals surface area contributed by atoms with Gasteiger partial charge in [0.05, 0.1) is 19.3 Å². The molecule has 1 aliphatic heterocycles. The number of hydrogen-bond donors (Lipinski definition) is 2. The smallest absolute Gasteiger partial charge is 0.0652 e. The zero-order valence-electron chi connectivity index (χ0n) is 10.6. The minimum absolute atomic E-state index is 0.254. The van der Waals surface area contributed by atoms with Crippen LogP contribution in [0.2, 0.25) is 0 Å². The maximum absolute atomic E-state index is 5.44. The van der Waals surface area contributed by atoms with Gasteiger partial charge in [0.25, 0.3) is 0 Å². The molecule has 0 spiro atoms. The van der Waals surface area contributed by atoms with E-state index >= 15 is 0 Å². The van der Waals surface area contributed by atoms with Crippen LogP contribution in [-0.2, 0) is 9.47 Å². The number of ether oxygens (including phenoxy) is 2. The van der Waals surface area contributed by atoms with Gasteiger partial charge in [0.1, 0.15) is 0 Å². The van der Waals surface area contributed by atoms with E-state index in [2.05, 4.69) is 24.5 Å². The van der Waals surface area contributed by atoms with Crippen molar-refractivity contribution in [2.24, 2.45) is 5.41 Å². The zero-order chi connectivity index (χ0) is 11.6. The Morgan fingerprint density at radius 2 is 2.31 bits per heavy atom. The van der Waals surface area contributed by atoms with Crippen molar-refractivity contribution < 1.29 is 9.47 Å². The van der Waals surface area contributed by atoms with Gasteiger partial charge in [0, 0.05) is 37.7 Å². The van der Waals surface area contributed by atoms with Gasteiger partial charge < -0.3 is 20.1 Å². The van der Waals surface area contributed by atoms with Crippen LogP contribution in [0.25, 0.3) is 0 Å². The molecule has 94 valence electrons. The van der Waals surface area contributed by atoms with Gasteiger partial charge in [-0.3, -0.25) is 0 Å². The lowest BCUT2D eigenvalue weighted by molar-refractivity contribution is -0.0983. The molecule has 0 amide bonds. The Morgan fingerprint density at radius 3 is 2.88 bits per heavy atom. The Balaban J connectivity index is 1.71. The van der Waals surface area contributed by atoms with Crippen molar-refractivity contribution in [3.05, 3.63) is 0 Å². The van der Waals surface area contributed by atoms with Gasteiger partial charge in [-0.05, 0) is 6.42 Å². The molecule has 3 unspecified atom stereocenters. The molecule has 1 heterocycles. The molecule has 16 heavy (non-hydrogen) atoms. The highest BCUT2D eigenvalue weighted by atomic mass is 16.5. The first-order valence-corrected chi connectivity index (χ1v) is 6.22. The first-order chi connectivity index (χ1) is 7.64. The molecule has 3 atom stereocenters. The average molecular weight is 228 g/mol. The third kappa shape index (κ3) is 2.40. The van der Waals surface area contributed by atoms with Crippen LogP contribution >= 0.6 is 0 Å². The summed E-state index contributed by atoms with van der Waals surface area (Å²) in [5, 5.41) is 7.08. The van der Waals surface area contributed by atoms with Crippen LogP contribution in [0.4, 0.5) is 0 Å². The fourth-order valence-electron chi connectivity index (χ4n) is 2.67. The molecule has 2 aliphatic rings. The maximum Gasteiger partial charge on any atom is 0.0652 e. The van der Waals surface area contributed by atoms with E-state index in [4.69, 9.17) is 9.47 Å². The second-order valence-electron chi connectivity index (χ2n) is 5.47. The minimum atomic E-state index is 0.254. The summed E-state index contributed by atoms with van der Waals surface area (Å²) in [6.45, 7) is 8.18. The SMILES string of the molecule is COC1CC(NCC2COCCN2)C1(C)C. The van der Waals surface area contributed by atoms with Crippen LogP contribution in [0.1, 0.15) is 20.3 Å². The normalized spacial score (nSPS) is 38.1. The van der Waals surface area contributed by atoms with Crippen molar-refractivity contribution in [1.82, 2.24) is 10.6 Å². The molecule has 4 heteroatoms. The molecule has 0 radical (unpaired) electrons. The quantitative estimate of drug-likeness (QED) is 0.730. The summed E-state index contributed by atoms with van der Waals surface area (Å²) in [7, 11) is 1.80. The molecule has 1 aliphatic carbocycles. The topological polar surface area (TPSA) is 42.5 Å². The standard InChI is InChI=1S/C12H24N2O2/c1-12(2)10(6-11(12)15-3)14-7-9-8-16-5-4-13-9/h9-11,13-14H,4-8H2,1-3H3. The van der Waals surface area contributed by atoms with Crippen LogP contribution in [-0.4, -0.2) is 51.6 Å². The number of morpholine rings is 1. The summed E-state index contributed by atoms with van der Waals surface area (Å²) in [5.74, 6) is 0. The van der Waals surface area contributed by atoms with Gasteiger partial charge in [-0.25, -0.2) is 0 Å². The summed E-state index contributed by atoms with van der Waals surface area (Å²) < 4.78 is 10.9. The number of hydrogen-bond acceptors (Lipinski definition) is 4. The second-order valence-corrected chi connectivity index (χ2v) is 5.47. The summed E-state index contributed by atoms with van der Waals surface area (Å²) in [6.07, 6.45) is 1.53. The Labute approximate surface area is 98.1 Å². The second kappa shape index (κ2) is 5.00. The third-order valence-corrected chi connectivity index (χ3v) is 4.07. The summed E-state index contributed by atoms with van der Waals surface area (Å²) in [6, 6.07) is 1.03. The van der Waals surface area contributed by atoms with E-state index in [1.807, 2.05) is 0 Å². The molecule has 2 rings (SSSR count). The molecule has 0 aromatic heterocycles. The Bertz CT molecular complexity index is 227. The predicted molar refractivity (Wildman–Crippen MR) is 63.6 cm³/mol. The minimum Gasteiger partial charge on any atom is -0.381 e. The Kier molecular flexibility index (Phi) is 3.85. The van der Waals surface area contributed by atoms with Crippen LogP contribution < -0.4 is 10.6 Å². The van der Waals surface area contributed by atoms with Crippen LogP contribution in [0.3, 0.4) is 0 Å². The monoisotopic (exact) mass is 228 g/mol. The molecule has 1 saturated heterocycles. The van der Waals surface area contributed by atoms with E-state index in [9.17, 15) is 0 Å². The molecular weight excluding hydrogens is 204 g/mol. The van der Waals surface area contributed by atoms with Crippen LogP contribution in [0.5, 0.6) is 0 Å². The predicted octanol–water partition coefficient (Wildman–Crippen LogP) is 0.378. The van der Waals surface area contributed by atoms with Gasteiger partial charge in [-0.2, -0.15) is 0 Å². The van der Waals surface area contributed by atoms with E-state index in [-0.39, 0.29) is 5.41 Å². The summed E-state index contributed by atoms with van der Waals surface area (Å²) in [4.78, 5) is 0. The summed E-state index contributed by atoms with van der Waals surface area (Å²) >= 11 is 0. The Hall–Kier alpha value is -0.160. The highest BCUT2D eigenvalue weighted by molar-refractivity contribution is 5.02. The van der Waals surface area contributed by atoms with Gasteiger partial charge in [0.15, 0.2) is 0 Å². The fraction of sp³-hybridized carbons (Fsp3) is 1.00. The molecule has 0 bridgehead atoms. The van der Waals surface area contributed by atoms with Crippen LogP contribution in [0, 0.1) is 5.41 Å². The molecule has 4 nitrogen and oxygen atoms in total. The largest absolute Gasteiger partial charge is 0.381 e. The van der Waals surface area contributed by atoms with Gasteiger partial charge in [0.2, 0.25) is 0 Å². The van der Waals surface area contributed by atoms with Crippen molar-refractivity contribution in [1.29, 1.82) is 0 Å². The van der Waals surface area contributed by atoms with Crippen molar-refractivity contribution in [3.63, 3.8) is 0 Å². The van der Waals surface area contributed by atoms with Gasteiger partial charge in [-0.15, -0.1) is 0 Å². The highest BCUT2D eigenvalue weighted by Crippen LogP contribution is 2.42. The Morgan fingerprint density at radius 1 is 1.50 bits per heavy atom. The number of nitrogens with one attached hydrogen (secondary N) is 2. The van der Waals surface area contributed by atoms with Crippen molar-refractivity contribution in [2.45, 2.75) is 38.5 Å². The average Bonchev–Trinajstić information content (AvgIpc) is 2.29. The fourth-order valence-corrected chi connectivity index (χ4v) is 2.67. The maximum atomic E-state index is 5.44. The van der Waals surface area contributed by atoms with Gasteiger partial charge >= 0.3 is 0 Å². The van der Waals surface area contributed by atoms with Crippen molar-refractivity contribution in [2.75, 3.05) is 33.4 Å². The highest BCUT2D eigenvalue weighted by Gasteiger charge is 2.48. The number of rotatable bonds is 4. The third-order valence-electron chi connectivity index (χ3n) is 4.07. The van der Waals surface area contributed by atoms with E-state index in [0.29, 0.717) is 18.2 Å². The molecule has 0 aromatic carbocycles. The van der Waals surface area contributed by atoms with Crippen molar-refractivity contribution in [3.8, 4) is 0 Å². The first-order valence-electron chi connectivity index (χ1n) is 6.22. The van der Waals surface area contributed by atoms with E-state index in [0.717, 1.165) is 32.7 Å². The summed E-state index contributed by atoms with van der Waals surface area (Å²) in [5.41, 5.74) is 0.254. The molecular formula is C12H24N2O2. The lowest BCUT2D eigenvalue weighted by Gasteiger charge is -2.51. The zero-order valence-corrected chi connectivity index (χ0v) is 10.6. The lowest BCUT2D eigenvalue weighted by Crippen LogP contribution is -2.62. The van der Waals surface area contributed by atoms with E-state index in [1.165, 1.54) is 0 Å². The molecule has 2 N–H and O–H groups in total. The first kappa shape index (κ1) is 12.3.